The van der Waals surface area contributed by atoms with Gasteiger partial charge in [-0.05, 0) is 11.4 Å². The first kappa shape index (κ1) is 9.95. The van der Waals surface area contributed by atoms with E-state index in [1.807, 2.05) is 17.5 Å². The molecule has 5 nitrogen and oxygen atoms in total. The number of rotatable bonds is 3. The Morgan fingerprint density at radius 1 is 1.50 bits per heavy atom. The van der Waals surface area contributed by atoms with Crippen LogP contribution in [-0.4, -0.2) is 39.4 Å². The zero-order chi connectivity index (χ0) is 11.0. The molecule has 16 heavy (non-hydrogen) atoms. The molecule has 6 heteroatoms. The maximum atomic E-state index is 9.15. The number of hydrogen-bond donors (Lipinski definition) is 1. The van der Waals surface area contributed by atoms with Gasteiger partial charge in [-0.1, -0.05) is 6.07 Å². The van der Waals surface area contributed by atoms with Crippen LogP contribution in [0.25, 0.3) is 10.8 Å². The molecule has 2 aromatic heterocycles. The van der Waals surface area contributed by atoms with Gasteiger partial charge < -0.3 is 9.52 Å². The summed E-state index contributed by atoms with van der Waals surface area (Å²) in [6.07, 6.45) is -0.195. The highest BCUT2D eigenvalue weighted by atomic mass is 32.1. The van der Waals surface area contributed by atoms with Gasteiger partial charge in [0.1, 0.15) is 0 Å². The molecule has 2 aromatic rings. The molecule has 0 spiro atoms. The van der Waals surface area contributed by atoms with E-state index in [-0.39, 0.29) is 6.10 Å². The van der Waals surface area contributed by atoms with E-state index >= 15 is 0 Å². The molecule has 0 radical (unpaired) electrons. The molecular formula is C10H11N3O2S. The van der Waals surface area contributed by atoms with Crippen LogP contribution in [0.4, 0.5) is 0 Å². The van der Waals surface area contributed by atoms with Gasteiger partial charge in [-0.2, -0.15) is 0 Å². The molecule has 0 amide bonds. The van der Waals surface area contributed by atoms with Crippen molar-refractivity contribution in [3.8, 4) is 10.8 Å². The molecule has 3 rings (SSSR count). The molecule has 0 saturated carbocycles. The molecular weight excluding hydrogens is 226 g/mol. The van der Waals surface area contributed by atoms with Crippen LogP contribution in [0.1, 0.15) is 5.89 Å². The van der Waals surface area contributed by atoms with Crippen LogP contribution in [0, 0.1) is 0 Å². The van der Waals surface area contributed by atoms with Crippen molar-refractivity contribution < 1.29 is 9.52 Å². The van der Waals surface area contributed by atoms with Crippen LogP contribution in [-0.2, 0) is 6.54 Å². The molecule has 0 unspecified atom stereocenters. The third-order valence-electron chi connectivity index (χ3n) is 2.50. The number of aliphatic hydroxyl groups is 1. The Labute approximate surface area is 96.3 Å². The molecule has 3 heterocycles. The number of aromatic nitrogens is 2. The predicted molar refractivity (Wildman–Crippen MR) is 58.9 cm³/mol. The number of hydrogen-bond acceptors (Lipinski definition) is 6. The van der Waals surface area contributed by atoms with Gasteiger partial charge in [0.2, 0.25) is 5.89 Å². The lowest BCUT2D eigenvalue weighted by molar-refractivity contribution is -0.00712. The van der Waals surface area contributed by atoms with Crippen LogP contribution < -0.4 is 0 Å². The second-order valence-corrected chi connectivity index (χ2v) is 4.77. The molecule has 0 aromatic carbocycles. The minimum absolute atomic E-state index is 0.195. The number of nitrogens with zero attached hydrogens (tertiary/aromatic N) is 3. The summed E-state index contributed by atoms with van der Waals surface area (Å²) in [7, 11) is 0. The summed E-state index contributed by atoms with van der Waals surface area (Å²) in [5.74, 6) is 1.18. The maximum absolute atomic E-state index is 9.15. The lowest BCUT2D eigenvalue weighted by atomic mass is 10.2. The van der Waals surface area contributed by atoms with E-state index in [0.717, 1.165) is 4.88 Å². The highest BCUT2D eigenvalue weighted by molar-refractivity contribution is 7.13. The molecule has 84 valence electrons. The summed E-state index contributed by atoms with van der Waals surface area (Å²) < 4.78 is 5.53. The number of β-amino-alcohol motifs (C(OH)–C–C–N with tert-alkyl or cyclic N) is 1. The SMILES string of the molecule is OC1CN(Cc2nnc(-c3cccs3)o2)C1. The van der Waals surface area contributed by atoms with Crippen molar-refractivity contribution in [2.45, 2.75) is 12.6 Å². The third-order valence-corrected chi connectivity index (χ3v) is 3.35. The van der Waals surface area contributed by atoms with Crippen molar-refractivity contribution in [2.24, 2.45) is 0 Å². The first-order valence-corrected chi connectivity index (χ1v) is 5.96. The Hall–Kier alpha value is -1.24. The maximum Gasteiger partial charge on any atom is 0.257 e. The minimum atomic E-state index is -0.195. The van der Waals surface area contributed by atoms with Gasteiger partial charge in [0, 0.05) is 13.1 Å². The number of thiophene rings is 1. The Kier molecular flexibility index (Phi) is 2.47. The van der Waals surface area contributed by atoms with E-state index in [2.05, 4.69) is 15.1 Å². The fraction of sp³-hybridized carbons (Fsp3) is 0.400. The van der Waals surface area contributed by atoms with Gasteiger partial charge in [0.15, 0.2) is 0 Å². The molecule has 1 N–H and O–H groups in total. The van der Waals surface area contributed by atoms with Gasteiger partial charge in [-0.25, -0.2) is 0 Å². The van der Waals surface area contributed by atoms with Gasteiger partial charge in [-0.15, -0.1) is 21.5 Å². The van der Waals surface area contributed by atoms with Crippen LogP contribution >= 0.6 is 11.3 Å². The fourth-order valence-electron chi connectivity index (χ4n) is 1.68. The molecule has 0 bridgehead atoms. The van der Waals surface area contributed by atoms with Gasteiger partial charge in [-0.3, -0.25) is 4.90 Å². The van der Waals surface area contributed by atoms with E-state index in [0.29, 0.717) is 31.4 Å². The fourth-order valence-corrected chi connectivity index (χ4v) is 2.32. The largest absolute Gasteiger partial charge is 0.419 e. The molecule has 1 fully saturated rings. The normalized spacial score (nSPS) is 17.6. The average molecular weight is 237 g/mol. The Bertz CT molecular complexity index is 462. The Morgan fingerprint density at radius 2 is 2.38 bits per heavy atom. The van der Waals surface area contributed by atoms with E-state index in [1.54, 1.807) is 11.3 Å². The van der Waals surface area contributed by atoms with Crippen molar-refractivity contribution in [1.82, 2.24) is 15.1 Å². The van der Waals surface area contributed by atoms with Gasteiger partial charge in [0.05, 0.1) is 17.5 Å². The summed E-state index contributed by atoms with van der Waals surface area (Å²) in [6.45, 7) is 2.00. The van der Waals surface area contributed by atoms with Crippen LogP contribution in [0.3, 0.4) is 0 Å². The van der Waals surface area contributed by atoms with Crippen molar-refractivity contribution in [3.05, 3.63) is 23.4 Å². The van der Waals surface area contributed by atoms with Crippen LogP contribution in [0.15, 0.2) is 21.9 Å². The summed E-state index contributed by atoms with van der Waals surface area (Å²) >= 11 is 1.58. The number of aliphatic hydroxyl groups excluding tert-OH is 1. The molecule has 1 saturated heterocycles. The van der Waals surface area contributed by atoms with E-state index in [4.69, 9.17) is 9.52 Å². The highest BCUT2D eigenvalue weighted by Gasteiger charge is 2.25. The monoisotopic (exact) mass is 237 g/mol. The standard InChI is InChI=1S/C10H11N3O2S/c14-7-4-13(5-7)6-9-11-12-10(15-9)8-2-1-3-16-8/h1-3,7,14H,4-6H2. The second kappa shape index (κ2) is 3.97. The van der Waals surface area contributed by atoms with Crippen LogP contribution in [0.2, 0.25) is 0 Å². The highest BCUT2D eigenvalue weighted by Crippen LogP contribution is 2.23. The Morgan fingerprint density at radius 3 is 3.06 bits per heavy atom. The lowest BCUT2D eigenvalue weighted by Crippen LogP contribution is -2.49. The molecule has 1 aliphatic rings. The molecule has 0 atom stereocenters. The molecule has 0 aliphatic carbocycles. The first-order valence-electron chi connectivity index (χ1n) is 5.08. The van der Waals surface area contributed by atoms with Crippen molar-refractivity contribution in [1.29, 1.82) is 0 Å². The van der Waals surface area contributed by atoms with Gasteiger partial charge in [0.25, 0.3) is 5.89 Å². The Balaban J connectivity index is 1.69. The average Bonchev–Trinajstić information content (AvgIpc) is 2.84. The van der Waals surface area contributed by atoms with E-state index in [1.165, 1.54) is 0 Å². The van der Waals surface area contributed by atoms with Crippen molar-refractivity contribution >= 4 is 11.3 Å². The third kappa shape index (κ3) is 1.87. The summed E-state index contributed by atoms with van der Waals surface area (Å²) in [6, 6.07) is 3.91. The minimum Gasteiger partial charge on any atom is -0.419 e. The summed E-state index contributed by atoms with van der Waals surface area (Å²) in [4.78, 5) is 3.05. The number of likely N-dealkylation sites (tertiary alicyclic amines) is 1. The zero-order valence-corrected chi connectivity index (χ0v) is 9.35. The smallest absolute Gasteiger partial charge is 0.257 e. The predicted octanol–water partition coefficient (Wildman–Crippen LogP) is 0.975. The first-order chi connectivity index (χ1) is 7.81. The van der Waals surface area contributed by atoms with Gasteiger partial charge >= 0.3 is 0 Å². The second-order valence-electron chi connectivity index (χ2n) is 3.83. The summed E-state index contributed by atoms with van der Waals surface area (Å²) in [5, 5.41) is 19.1. The quantitative estimate of drug-likeness (QED) is 0.862. The van der Waals surface area contributed by atoms with Crippen molar-refractivity contribution in [2.75, 3.05) is 13.1 Å². The van der Waals surface area contributed by atoms with E-state index < -0.39 is 0 Å². The zero-order valence-electron chi connectivity index (χ0n) is 8.54. The summed E-state index contributed by atoms with van der Waals surface area (Å²) in [5.41, 5.74) is 0. The van der Waals surface area contributed by atoms with E-state index in [9.17, 15) is 0 Å². The molecule has 1 aliphatic heterocycles. The van der Waals surface area contributed by atoms with Crippen LogP contribution in [0.5, 0.6) is 0 Å². The topological polar surface area (TPSA) is 62.4 Å². The lowest BCUT2D eigenvalue weighted by Gasteiger charge is -2.34. The van der Waals surface area contributed by atoms with Crippen molar-refractivity contribution in [3.63, 3.8) is 0 Å².